The van der Waals surface area contributed by atoms with Gasteiger partial charge in [-0.1, -0.05) is 18.2 Å². The van der Waals surface area contributed by atoms with Gasteiger partial charge in [-0.2, -0.15) is 15.4 Å². The van der Waals surface area contributed by atoms with Crippen molar-refractivity contribution in [3.8, 4) is 0 Å². The molecule has 2 aromatic rings. The summed E-state index contributed by atoms with van der Waals surface area (Å²) in [6.45, 7) is 1.86. The maximum atomic E-state index is 11.8. The van der Waals surface area contributed by atoms with Crippen LogP contribution in [0.1, 0.15) is 29.0 Å². The van der Waals surface area contributed by atoms with Crippen molar-refractivity contribution in [2.75, 3.05) is 5.32 Å². The van der Waals surface area contributed by atoms with Crippen molar-refractivity contribution in [3.63, 3.8) is 0 Å². The van der Waals surface area contributed by atoms with Gasteiger partial charge in [0, 0.05) is 11.7 Å². The summed E-state index contributed by atoms with van der Waals surface area (Å²) in [5.41, 5.74) is 7.63. The molecule has 6 heteroatoms. The molecule has 88 valence electrons. The summed E-state index contributed by atoms with van der Waals surface area (Å²) < 4.78 is 0. The van der Waals surface area contributed by atoms with E-state index in [1.54, 1.807) is 6.07 Å². The van der Waals surface area contributed by atoms with Crippen LogP contribution >= 0.6 is 0 Å². The molecule has 0 aliphatic rings. The molecule has 0 saturated heterocycles. The van der Waals surface area contributed by atoms with E-state index in [0.717, 1.165) is 5.56 Å². The van der Waals surface area contributed by atoms with Gasteiger partial charge in [-0.25, -0.2) is 0 Å². The van der Waals surface area contributed by atoms with Crippen LogP contribution in [0.25, 0.3) is 0 Å². The van der Waals surface area contributed by atoms with Crippen LogP contribution in [0.2, 0.25) is 0 Å². The van der Waals surface area contributed by atoms with Crippen molar-refractivity contribution in [1.82, 2.24) is 15.4 Å². The predicted molar refractivity (Wildman–Crippen MR) is 63.4 cm³/mol. The van der Waals surface area contributed by atoms with Crippen LogP contribution in [0.3, 0.4) is 0 Å². The molecule has 6 nitrogen and oxygen atoms in total. The van der Waals surface area contributed by atoms with E-state index in [9.17, 15) is 4.79 Å². The summed E-state index contributed by atoms with van der Waals surface area (Å²) in [5, 5.41) is 12.4. The average Bonchev–Trinajstić information content (AvgIpc) is 2.83. The molecule has 2 rings (SSSR count). The second-order valence-corrected chi connectivity index (χ2v) is 3.69. The smallest absolute Gasteiger partial charge is 0.277 e. The quantitative estimate of drug-likeness (QED) is 0.736. The van der Waals surface area contributed by atoms with E-state index < -0.39 is 0 Å². The number of benzene rings is 1. The van der Waals surface area contributed by atoms with E-state index >= 15 is 0 Å². The summed E-state index contributed by atoms with van der Waals surface area (Å²) in [4.78, 5) is 11.8. The Kier molecular flexibility index (Phi) is 3.15. The standard InChI is InChI=1S/C11H13N5O/c1-7(12)8-4-2-3-5-9(8)14-11(17)10-6-13-16-15-10/h2-7H,12H2,1H3,(H,14,17)(H,13,15,16). The third-order valence-electron chi connectivity index (χ3n) is 2.35. The van der Waals surface area contributed by atoms with Gasteiger partial charge >= 0.3 is 0 Å². The van der Waals surface area contributed by atoms with Crippen molar-refractivity contribution in [1.29, 1.82) is 0 Å². The average molecular weight is 231 g/mol. The molecule has 1 heterocycles. The number of aromatic amines is 1. The van der Waals surface area contributed by atoms with Crippen LogP contribution in [0.4, 0.5) is 5.69 Å². The number of para-hydroxylation sites is 1. The Bertz CT molecular complexity index is 506. The normalized spacial score (nSPS) is 12.1. The fourth-order valence-electron chi connectivity index (χ4n) is 1.51. The Morgan fingerprint density at radius 3 is 2.88 bits per heavy atom. The fraction of sp³-hybridized carbons (Fsp3) is 0.182. The Morgan fingerprint density at radius 2 is 2.24 bits per heavy atom. The number of carbonyl (C=O) groups excluding carboxylic acids is 1. The zero-order valence-corrected chi connectivity index (χ0v) is 9.34. The molecule has 4 N–H and O–H groups in total. The number of nitrogens with zero attached hydrogens (tertiary/aromatic N) is 2. The first-order valence-electron chi connectivity index (χ1n) is 5.20. The van der Waals surface area contributed by atoms with Crippen molar-refractivity contribution in [2.24, 2.45) is 5.73 Å². The minimum atomic E-state index is -0.313. The highest BCUT2D eigenvalue weighted by atomic mass is 16.2. The van der Waals surface area contributed by atoms with Gasteiger partial charge in [-0.15, -0.1) is 0 Å². The van der Waals surface area contributed by atoms with Crippen LogP contribution in [0, 0.1) is 0 Å². The first kappa shape index (κ1) is 11.3. The Morgan fingerprint density at radius 1 is 1.47 bits per heavy atom. The molecule has 0 bridgehead atoms. The number of rotatable bonds is 3. The van der Waals surface area contributed by atoms with Crippen molar-refractivity contribution in [3.05, 3.63) is 41.7 Å². The zero-order chi connectivity index (χ0) is 12.3. The molecule has 1 amide bonds. The van der Waals surface area contributed by atoms with E-state index in [4.69, 9.17) is 5.73 Å². The lowest BCUT2D eigenvalue weighted by Gasteiger charge is -2.12. The van der Waals surface area contributed by atoms with Crippen molar-refractivity contribution >= 4 is 11.6 Å². The highest BCUT2D eigenvalue weighted by Crippen LogP contribution is 2.20. The van der Waals surface area contributed by atoms with Crippen LogP contribution < -0.4 is 11.1 Å². The summed E-state index contributed by atoms with van der Waals surface area (Å²) in [5.74, 6) is -0.313. The third-order valence-corrected chi connectivity index (χ3v) is 2.35. The summed E-state index contributed by atoms with van der Waals surface area (Å²) in [7, 11) is 0. The lowest BCUT2D eigenvalue weighted by molar-refractivity contribution is 0.102. The minimum Gasteiger partial charge on any atom is -0.324 e. The minimum absolute atomic E-state index is 0.149. The SMILES string of the molecule is CC(N)c1ccccc1NC(=O)c1cn[nH]n1. The second kappa shape index (κ2) is 4.75. The summed E-state index contributed by atoms with van der Waals surface area (Å²) in [6.07, 6.45) is 1.36. The van der Waals surface area contributed by atoms with Gasteiger partial charge in [-0.3, -0.25) is 4.79 Å². The topological polar surface area (TPSA) is 96.7 Å². The van der Waals surface area contributed by atoms with E-state index in [0.29, 0.717) is 5.69 Å². The van der Waals surface area contributed by atoms with E-state index in [-0.39, 0.29) is 17.6 Å². The van der Waals surface area contributed by atoms with Crippen LogP contribution in [0.15, 0.2) is 30.5 Å². The van der Waals surface area contributed by atoms with Gasteiger partial charge in [0.25, 0.3) is 5.91 Å². The largest absolute Gasteiger partial charge is 0.324 e. The van der Waals surface area contributed by atoms with Gasteiger partial charge in [0.05, 0.1) is 6.20 Å². The third kappa shape index (κ3) is 2.48. The van der Waals surface area contributed by atoms with Gasteiger partial charge in [0.2, 0.25) is 0 Å². The van der Waals surface area contributed by atoms with Gasteiger partial charge in [-0.05, 0) is 18.6 Å². The van der Waals surface area contributed by atoms with E-state index in [1.807, 2.05) is 25.1 Å². The second-order valence-electron chi connectivity index (χ2n) is 3.69. The lowest BCUT2D eigenvalue weighted by atomic mass is 10.1. The molecule has 0 radical (unpaired) electrons. The highest BCUT2D eigenvalue weighted by molar-refractivity contribution is 6.03. The number of hydrogen-bond acceptors (Lipinski definition) is 4. The number of aromatic nitrogens is 3. The predicted octanol–water partition coefficient (Wildman–Crippen LogP) is 1.08. The molecule has 0 aliphatic carbocycles. The summed E-state index contributed by atoms with van der Waals surface area (Å²) >= 11 is 0. The van der Waals surface area contributed by atoms with Crippen molar-refractivity contribution < 1.29 is 4.79 Å². The number of nitrogens with one attached hydrogen (secondary N) is 2. The lowest BCUT2D eigenvalue weighted by Crippen LogP contribution is -2.16. The first-order valence-corrected chi connectivity index (χ1v) is 5.20. The fourth-order valence-corrected chi connectivity index (χ4v) is 1.51. The first-order chi connectivity index (χ1) is 8.18. The number of amides is 1. The molecular formula is C11H13N5O. The van der Waals surface area contributed by atoms with Gasteiger partial charge in [0.15, 0.2) is 5.69 Å². The molecule has 1 unspecified atom stereocenters. The molecule has 0 saturated carbocycles. The van der Waals surface area contributed by atoms with Crippen LogP contribution in [0.5, 0.6) is 0 Å². The molecule has 1 aromatic carbocycles. The monoisotopic (exact) mass is 231 g/mol. The number of nitrogens with two attached hydrogens (primary N) is 1. The Hall–Kier alpha value is -2.21. The van der Waals surface area contributed by atoms with E-state index in [1.165, 1.54) is 6.20 Å². The summed E-state index contributed by atoms with van der Waals surface area (Å²) in [6, 6.07) is 7.25. The van der Waals surface area contributed by atoms with E-state index in [2.05, 4.69) is 20.7 Å². The number of anilines is 1. The highest BCUT2D eigenvalue weighted by Gasteiger charge is 2.12. The Balaban J connectivity index is 2.22. The zero-order valence-electron chi connectivity index (χ0n) is 9.34. The number of hydrogen-bond donors (Lipinski definition) is 3. The molecule has 0 fully saturated rings. The van der Waals surface area contributed by atoms with Gasteiger partial charge < -0.3 is 11.1 Å². The van der Waals surface area contributed by atoms with Crippen LogP contribution in [-0.4, -0.2) is 21.3 Å². The maximum Gasteiger partial charge on any atom is 0.277 e. The molecular weight excluding hydrogens is 218 g/mol. The molecule has 1 atom stereocenters. The molecule has 0 spiro atoms. The maximum absolute atomic E-state index is 11.8. The van der Waals surface area contributed by atoms with Crippen LogP contribution in [-0.2, 0) is 0 Å². The van der Waals surface area contributed by atoms with Crippen molar-refractivity contribution in [2.45, 2.75) is 13.0 Å². The number of H-pyrrole nitrogens is 1. The molecule has 0 aliphatic heterocycles. The molecule has 1 aromatic heterocycles. The Labute approximate surface area is 98.2 Å². The van der Waals surface area contributed by atoms with Gasteiger partial charge in [0.1, 0.15) is 0 Å². The molecule has 17 heavy (non-hydrogen) atoms. The number of carbonyl (C=O) groups is 1.